The van der Waals surface area contributed by atoms with Crippen molar-refractivity contribution in [2.24, 2.45) is 0 Å². The number of aliphatic hydroxyl groups is 1. The van der Waals surface area contributed by atoms with Crippen LogP contribution in [0.2, 0.25) is 0 Å². The van der Waals surface area contributed by atoms with Crippen molar-refractivity contribution in [2.75, 3.05) is 52.0 Å². The maximum atomic E-state index is 9.64. The number of likely N-dealkylation sites (N-methyl/N-ethyl adjacent to an activating group) is 1. The summed E-state index contributed by atoms with van der Waals surface area (Å²) in [5.74, 6) is 1.29. The predicted octanol–water partition coefficient (Wildman–Crippen LogP) is -1.04. The zero-order chi connectivity index (χ0) is 14.4. The molecule has 19 heavy (non-hydrogen) atoms. The summed E-state index contributed by atoms with van der Waals surface area (Å²) in [4.78, 5) is 16.1. The Balaban J connectivity index is 2.65. The fourth-order valence-electron chi connectivity index (χ4n) is 1.61. The van der Waals surface area contributed by atoms with E-state index in [1.165, 1.54) is 0 Å². The lowest BCUT2D eigenvalue weighted by Crippen LogP contribution is -2.32. The van der Waals surface area contributed by atoms with Gasteiger partial charge in [-0.05, 0) is 7.05 Å². The Morgan fingerprint density at radius 1 is 1.26 bits per heavy atom. The zero-order valence-corrected chi connectivity index (χ0v) is 11.9. The molecule has 1 unspecified atom stereocenters. The van der Waals surface area contributed by atoms with Crippen molar-refractivity contribution in [2.45, 2.75) is 12.6 Å². The first-order chi connectivity index (χ1) is 8.92. The molecule has 8 nitrogen and oxygen atoms in total. The minimum Gasteiger partial charge on any atom is -0.389 e. The number of aromatic nitrogens is 3. The highest BCUT2D eigenvalue weighted by atomic mass is 16.5. The van der Waals surface area contributed by atoms with Crippen molar-refractivity contribution >= 4 is 11.9 Å². The highest BCUT2D eigenvalue weighted by Crippen LogP contribution is 2.07. The number of nitrogens with zero attached hydrogens (tertiary/aromatic N) is 5. The molecule has 0 bridgehead atoms. The Morgan fingerprint density at radius 2 is 1.95 bits per heavy atom. The molecule has 0 radical (unpaired) electrons. The number of ether oxygens (including phenoxy) is 1. The second kappa shape index (κ2) is 7.17. The number of hydrogen-bond acceptors (Lipinski definition) is 8. The van der Waals surface area contributed by atoms with Gasteiger partial charge in [0.25, 0.3) is 0 Å². The molecule has 0 saturated heterocycles. The molecule has 3 N–H and O–H groups in total. The topological polar surface area (TPSA) is 101 Å². The molecule has 0 aliphatic heterocycles. The smallest absolute Gasteiger partial charge is 0.229 e. The van der Waals surface area contributed by atoms with E-state index in [-0.39, 0.29) is 5.95 Å². The number of rotatable bonds is 7. The zero-order valence-electron chi connectivity index (χ0n) is 11.9. The van der Waals surface area contributed by atoms with Crippen LogP contribution in [0, 0.1) is 0 Å². The molecule has 0 amide bonds. The molecule has 1 atom stereocenters. The van der Waals surface area contributed by atoms with Crippen LogP contribution >= 0.6 is 0 Å². The van der Waals surface area contributed by atoms with Crippen molar-refractivity contribution in [3.63, 3.8) is 0 Å². The lowest BCUT2D eigenvalue weighted by Gasteiger charge is -2.20. The van der Waals surface area contributed by atoms with Crippen molar-refractivity contribution in [1.29, 1.82) is 0 Å². The van der Waals surface area contributed by atoms with Crippen molar-refractivity contribution in [1.82, 2.24) is 19.9 Å². The van der Waals surface area contributed by atoms with Crippen LogP contribution in [0.25, 0.3) is 0 Å². The molecule has 1 rings (SSSR count). The maximum Gasteiger partial charge on any atom is 0.229 e. The largest absolute Gasteiger partial charge is 0.389 e. The van der Waals surface area contributed by atoms with Crippen molar-refractivity contribution < 1.29 is 9.84 Å². The average Bonchev–Trinajstić information content (AvgIpc) is 2.27. The number of aliphatic hydroxyl groups excluding tert-OH is 1. The third kappa shape index (κ3) is 5.33. The molecule has 0 aromatic carbocycles. The van der Waals surface area contributed by atoms with Gasteiger partial charge < -0.3 is 20.5 Å². The summed E-state index contributed by atoms with van der Waals surface area (Å²) in [5.41, 5.74) is 5.65. The summed E-state index contributed by atoms with van der Waals surface area (Å²) in [6.45, 7) is 1.25. The van der Waals surface area contributed by atoms with Gasteiger partial charge in [0.05, 0.1) is 19.3 Å². The Hall–Kier alpha value is -1.51. The Bertz CT molecular complexity index is 401. The third-order valence-electron chi connectivity index (χ3n) is 2.38. The molecule has 8 heteroatoms. The second-order valence-corrected chi connectivity index (χ2v) is 4.61. The average molecular weight is 270 g/mol. The van der Waals surface area contributed by atoms with Gasteiger partial charge in [0.1, 0.15) is 5.82 Å². The molecular formula is C11H22N6O2. The Morgan fingerprint density at radius 3 is 2.53 bits per heavy atom. The first-order valence-electron chi connectivity index (χ1n) is 5.95. The van der Waals surface area contributed by atoms with Crippen LogP contribution in [-0.4, -0.2) is 72.5 Å². The van der Waals surface area contributed by atoms with Gasteiger partial charge in [-0.1, -0.05) is 0 Å². The molecule has 0 saturated carbocycles. The van der Waals surface area contributed by atoms with Crippen LogP contribution in [-0.2, 0) is 11.3 Å². The van der Waals surface area contributed by atoms with E-state index in [9.17, 15) is 5.11 Å². The number of methoxy groups -OCH3 is 1. The van der Waals surface area contributed by atoms with Crippen molar-refractivity contribution in [3.05, 3.63) is 5.82 Å². The fourth-order valence-corrected chi connectivity index (χ4v) is 1.61. The molecule has 108 valence electrons. The molecule has 0 spiro atoms. The van der Waals surface area contributed by atoms with Gasteiger partial charge in [0.2, 0.25) is 11.9 Å². The number of nitrogen functional groups attached to an aromatic ring is 1. The second-order valence-electron chi connectivity index (χ2n) is 4.61. The quantitative estimate of drug-likeness (QED) is 0.648. The van der Waals surface area contributed by atoms with Gasteiger partial charge >= 0.3 is 0 Å². The van der Waals surface area contributed by atoms with Crippen LogP contribution in [0.4, 0.5) is 11.9 Å². The minimum atomic E-state index is -0.539. The van der Waals surface area contributed by atoms with Crippen LogP contribution in [0.3, 0.4) is 0 Å². The summed E-state index contributed by atoms with van der Waals surface area (Å²) in [6.07, 6.45) is -0.539. The van der Waals surface area contributed by atoms with Gasteiger partial charge in [-0.3, -0.25) is 4.90 Å². The van der Waals surface area contributed by atoms with E-state index >= 15 is 0 Å². The van der Waals surface area contributed by atoms with Gasteiger partial charge in [0, 0.05) is 27.7 Å². The maximum absolute atomic E-state index is 9.64. The lowest BCUT2D eigenvalue weighted by molar-refractivity contribution is 0.0414. The molecule has 0 aliphatic rings. The summed E-state index contributed by atoms with van der Waals surface area (Å²) >= 11 is 0. The van der Waals surface area contributed by atoms with E-state index in [1.54, 1.807) is 12.0 Å². The number of hydrogen-bond donors (Lipinski definition) is 2. The summed E-state index contributed by atoms with van der Waals surface area (Å²) in [5, 5.41) is 9.64. The molecule has 0 aliphatic carbocycles. The molecule has 1 aromatic heterocycles. The van der Waals surface area contributed by atoms with Gasteiger partial charge in [0.15, 0.2) is 0 Å². The van der Waals surface area contributed by atoms with Crippen LogP contribution in [0.1, 0.15) is 5.82 Å². The van der Waals surface area contributed by atoms with E-state index < -0.39 is 6.10 Å². The Labute approximate surface area is 113 Å². The molecule has 0 fully saturated rings. The van der Waals surface area contributed by atoms with E-state index in [1.807, 2.05) is 26.0 Å². The third-order valence-corrected chi connectivity index (χ3v) is 2.38. The summed E-state index contributed by atoms with van der Waals surface area (Å²) in [6, 6.07) is 0. The van der Waals surface area contributed by atoms with E-state index in [0.717, 1.165) is 0 Å². The van der Waals surface area contributed by atoms with E-state index in [4.69, 9.17) is 10.5 Å². The molecule has 1 heterocycles. The highest BCUT2D eigenvalue weighted by molar-refractivity contribution is 5.32. The molecule has 1 aromatic rings. The standard InChI is InChI=1S/C11H22N6O2/c1-16(2)11-14-9(13-10(12)15-11)6-17(3)5-8(18)7-19-4/h8,18H,5-7H2,1-4H3,(H2,12,13,14,15). The van der Waals surface area contributed by atoms with Crippen molar-refractivity contribution in [3.8, 4) is 0 Å². The highest BCUT2D eigenvalue weighted by Gasteiger charge is 2.12. The Kier molecular flexibility index (Phi) is 5.87. The van der Waals surface area contributed by atoms with E-state index in [0.29, 0.717) is 31.5 Å². The number of nitrogens with two attached hydrogens (primary N) is 1. The normalized spacial score (nSPS) is 12.7. The van der Waals surface area contributed by atoms with Crippen LogP contribution in [0.15, 0.2) is 0 Å². The number of anilines is 2. The van der Waals surface area contributed by atoms with Gasteiger partial charge in [-0.25, -0.2) is 0 Å². The van der Waals surface area contributed by atoms with Crippen LogP contribution < -0.4 is 10.6 Å². The predicted molar refractivity (Wildman–Crippen MR) is 72.8 cm³/mol. The first-order valence-corrected chi connectivity index (χ1v) is 5.95. The minimum absolute atomic E-state index is 0.194. The fraction of sp³-hybridized carbons (Fsp3) is 0.727. The SMILES string of the molecule is COCC(O)CN(C)Cc1nc(N)nc(N(C)C)n1. The summed E-state index contributed by atoms with van der Waals surface area (Å²) < 4.78 is 4.88. The van der Waals surface area contributed by atoms with Crippen LogP contribution in [0.5, 0.6) is 0 Å². The first kappa shape index (κ1) is 15.5. The van der Waals surface area contributed by atoms with Gasteiger partial charge in [-0.15, -0.1) is 0 Å². The monoisotopic (exact) mass is 270 g/mol. The lowest BCUT2D eigenvalue weighted by atomic mass is 10.3. The van der Waals surface area contributed by atoms with E-state index in [2.05, 4.69) is 15.0 Å². The summed E-state index contributed by atoms with van der Waals surface area (Å²) in [7, 11) is 7.10. The van der Waals surface area contributed by atoms with Gasteiger partial charge in [-0.2, -0.15) is 15.0 Å². The molecular weight excluding hydrogens is 248 g/mol.